The van der Waals surface area contributed by atoms with Gasteiger partial charge in [-0.05, 0) is 35.9 Å². The van der Waals surface area contributed by atoms with Gasteiger partial charge in [0.15, 0.2) is 0 Å². The maximum Gasteiger partial charge on any atom is 0.284 e. The Labute approximate surface area is 178 Å². The van der Waals surface area contributed by atoms with E-state index < -0.39 is 23.6 Å². The van der Waals surface area contributed by atoms with Gasteiger partial charge >= 0.3 is 0 Å². The molecule has 31 heavy (non-hydrogen) atoms. The van der Waals surface area contributed by atoms with Gasteiger partial charge in [0.25, 0.3) is 5.91 Å². The molecule has 1 amide bonds. The third-order valence-corrected chi connectivity index (χ3v) is 5.26. The van der Waals surface area contributed by atoms with Crippen LogP contribution in [-0.4, -0.2) is 61.3 Å². The van der Waals surface area contributed by atoms with Crippen LogP contribution in [0.1, 0.15) is 12.0 Å². The number of ether oxygens (including phenoxy) is 2. The van der Waals surface area contributed by atoms with Crippen LogP contribution in [0.5, 0.6) is 0 Å². The minimum atomic E-state index is -0.983. The lowest BCUT2D eigenvalue weighted by Gasteiger charge is -2.17. The average molecular weight is 427 g/mol. The van der Waals surface area contributed by atoms with Crippen LogP contribution in [0.25, 0.3) is 11.1 Å². The Morgan fingerprint density at radius 2 is 1.94 bits per heavy atom. The Morgan fingerprint density at radius 3 is 2.58 bits per heavy atom. The fraction of sp³-hybridized carbons (Fsp3) is 0.318. The Kier molecular flexibility index (Phi) is 5.97. The molecule has 0 spiro atoms. The summed E-state index contributed by atoms with van der Waals surface area (Å²) in [6.07, 6.45) is -0.547. The van der Waals surface area contributed by atoms with Crippen LogP contribution in [0.15, 0.2) is 47.5 Å². The first-order valence-corrected chi connectivity index (χ1v) is 9.85. The smallest absolute Gasteiger partial charge is 0.284 e. The molecule has 3 N–H and O–H groups in total. The second kappa shape index (κ2) is 8.83. The molecule has 4 rings (SSSR count). The van der Waals surface area contributed by atoms with Gasteiger partial charge in [0.2, 0.25) is 11.7 Å². The number of hydrogen-bond acceptors (Lipinski definition) is 7. The molecular weight excluding hydrogens is 405 g/mol. The molecule has 2 aliphatic rings. The van der Waals surface area contributed by atoms with Crippen molar-refractivity contribution in [2.45, 2.75) is 18.6 Å². The molecule has 1 fully saturated rings. The van der Waals surface area contributed by atoms with Gasteiger partial charge < -0.3 is 25.2 Å². The zero-order chi connectivity index (χ0) is 22.0. The number of aliphatic imine (C=N–C) groups is 1. The lowest BCUT2D eigenvalue weighted by Crippen LogP contribution is -2.29. The highest BCUT2D eigenvalue weighted by atomic mass is 19.1. The highest BCUT2D eigenvalue weighted by Gasteiger charge is 2.27. The van der Waals surface area contributed by atoms with Crippen LogP contribution in [0.2, 0.25) is 0 Å². The van der Waals surface area contributed by atoms with Gasteiger partial charge in [-0.15, -0.1) is 0 Å². The molecule has 2 heterocycles. The summed E-state index contributed by atoms with van der Waals surface area (Å²) in [5.41, 5.74) is 7.51. The van der Waals surface area contributed by atoms with Gasteiger partial charge in [-0.1, -0.05) is 12.1 Å². The number of ketones is 1. The summed E-state index contributed by atoms with van der Waals surface area (Å²) < 4.78 is 25.8. The summed E-state index contributed by atoms with van der Waals surface area (Å²) in [6.45, 7) is 0.843. The first kappa shape index (κ1) is 21.0. The molecule has 2 aromatic carbocycles. The molecule has 162 valence electrons. The third kappa shape index (κ3) is 4.57. The van der Waals surface area contributed by atoms with Crippen LogP contribution < -0.4 is 10.6 Å². The first-order valence-electron chi connectivity index (χ1n) is 9.85. The second-order valence-electron chi connectivity index (χ2n) is 7.45. The first-order chi connectivity index (χ1) is 14.9. The lowest BCUT2D eigenvalue weighted by atomic mass is 10.0. The van der Waals surface area contributed by atoms with E-state index >= 15 is 0 Å². The van der Waals surface area contributed by atoms with Crippen molar-refractivity contribution in [2.75, 3.05) is 31.4 Å². The molecule has 0 aliphatic carbocycles. The molecule has 0 bridgehead atoms. The standard InChI is InChI=1S/C22H22FN3O5/c23-19-7-16(26-9-17(31-12-26)8-20(28)21(24)29)5-6-18(19)13-1-3-14(4-2-13)22-25-15(10-27)11-30-22/h1-7,15,17,27H,8-12H2,(H2,24,29)/t15-,17-/m0/s1. The predicted octanol–water partition coefficient (Wildman–Crippen LogP) is 1.24. The summed E-state index contributed by atoms with van der Waals surface area (Å²) in [7, 11) is 0. The molecule has 1 saturated heterocycles. The summed E-state index contributed by atoms with van der Waals surface area (Å²) >= 11 is 0. The average Bonchev–Trinajstić information content (AvgIpc) is 3.43. The molecule has 2 aromatic rings. The molecule has 9 heteroatoms. The van der Waals surface area contributed by atoms with Crippen molar-refractivity contribution in [1.82, 2.24) is 0 Å². The van der Waals surface area contributed by atoms with E-state index in [1.165, 1.54) is 6.07 Å². The Bertz CT molecular complexity index is 1020. The van der Waals surface area contributed by atoms with Gasteiger partial charge in [0.1, 0.15) is 25.2 Å². The monoisotopic (exact) mass is 427 g/mol. The van der Waals surface area contributed by atoms with E-state index in [9.17, 15) is 14.0 Å². The van der Waals surface area contributed by atoms with Crippen LogP contribution in [0.3, 0.4) is 0 Å². The third-order valence-electron chi connectivity index (χ3n) is 5.26. The SMILES string of the molecule is NC(=O)C(=O)C[C@H]1CN(c2ccc(-c3ccc(C4=N[C@@H](CO)CO4)cc3)c(F)c2)CO1. The Balaban J connectivity index is 1.45. The number of halogens is 1. The van der Waals surface area contributed by atoms with E-state index in [2.05, 4.69) is 4.99 Å². The van der Waals surface area contributed by atoms with Crippen LogP contribution in [0.4, 0.5) is 10.1 Å². The number of carbonyl (C=O) groups excluding carboxylic acids is 2. The molecule has 2 aliphatic heterocycles. The van der Waals surface area contributed by atoms with Gasteiger partial charge in [0.05, 0.1) is 12.7 Å². The predicted molar refractivity (Wildman–Crippen MR) is 111 cm³/mol. The molecule has 0 aromatic heterocycles. The van der Waals surface area contributed by atoms with Crippen molar-refractivity contribution < 1.29 is 28.6 Å². The van der Waals surface area contributed by atoms with Crippen molar-refractivity contribution >= 4 is 23.3 Å². The fourth-order valence-corrected chi connectivity index (χ4v) is 3.55. The van der Waals surface area contributed by atoms with Crippen LogP contribution in [-0.2, 0) is 19.1 Å². The van der Waals surface area contributed by atoms with E-state index in [0.29, 0.717) is 35.9 Å². The highest BCUT2D eigenvalue weighted by molar-refractivity contribution is 6.35. The van der Waals surface area contributed by atoms with E-state index in [1.807, 2.05) is 0 Å². The van der Waals surface area contributed by atoms with Crippen molar-refractivity contribution in [1.29, 1.82) is 0 Å². The number of Topliss-reactive ketones (excluding diaryl/α,β-unsaturated/α-hetero) is 1. The number of nitrogens with zero attached hydrogens (tertiary/aromatic N) is 2. The molecule has 0 saturated carbocycles. The highest BCUT2D eigenvalue weighted by Crippen LogP contribution is 2.29. The number of nitrogens with two attached hydrogens (primary N) is 1. The van der Waals surface area contributed by atoms with Crippen molar-refractivity contribution in [3.05, 3.63) is 53.8 Å². The fourth-order valence-electron chi connectivity index (χ4n) is 3.55. The van der Waals surface area contributed by atoms with Gasteiger partial charge in [-0.3, -0.25) is 9.59 Å². The van der Waals surface area contributed by atoms with E-state index in [1.54, 1.807) is 41.3 Å². The van der Waals surface area contributed by atoms with Gasteiger partial charge in [-0.2, -0.15) is 0 Å². The zero-order valence-electron chi connectivity index (χ0n) is 16.7. The van der Waals surface area contributed by atoms with Crippen molar-refractivity contribution in [3.8, 4) is 11.1 Å². The number of primary amides is 1. The summed E-state index contributed by atoms with van der Waals surface area (Å²) in [5, 5.41) is 9.16. The number of hydrogen-bond donors (Lipinski definition) is 2. The topological polar surface area (TPSA) is 114 Å². The number of aliphatic hydroxyl groups excluding tert-OH is 1. The number of benzene rings is 2. The van der Waals surface area contributed by atoms with E-state index in [4.69, 9.17) is 20.3 Å². The number of anilines is 1. The molecule has 2 atom stereocenters. The summed E-state index contributed by atoms with van der Waals surface area (Å²) in [4.78, 5) is 28.5. The Hall–Kier alpha value is -3.30. The lowest BCUT2D eigenvalue weighted by molar-refractivity contribution is -0.137. The maximum absolute atomic E-state index is 14.8. The number of rotatable bonds is 7. The minimum absolute atomic E-state index is 0.0661. The van der Waals surface area contributed by atoms with Gasteiger partial charge in [-0.25, -0.2) is 9.38 Å². The second-order valence-corrected chi connectivity index (χ2v) is 7.45. The maximum atomic E-state index is 14.8. The molecule has 8 nitrogen and oxygen atoms in total. The van der Waals surface area contributed by atoms with Crippen LogP contribution >= 0.6 is 0 Å². The summed E-state index contributed by atoms with van der Waals surface area (Å²) in [5.74, 6) is -1.59. The summed E-state index contributed by atoms with van der Waals surface area (Å²) in [6, 6.07) is 11.8. The quantitative estimate of drug-likeness (QED) is 0.643. The van der Waals surface area contributed by atoms with Crippen molar-refractivity contribution in [3.63, 3.8) is 0 Å². The van der Waals surface area contributed by atoms with E-state index in [0.717, 1.165) is 5.56 Å². The number of aliphatic hydroxyl groups is 1. The van der Waals surface area contributed by atoms with Crippen molar-refractivity contribution in [2.24, 2.45) is 10.7 Å². The normalized spacial score (nSPS) is 20.5. The Morgan fingerprint density at radius 1 is 1.19 bits per heavy atom. The van der Waals surface area contributed by atoms with Crippen LogP contribution in [0, 0.1) is 5.82 Å². The number of amides is 1. The van der Waals surface area contributed by atoms with E-state index in [-0.39, 0.29) is 25.8 Å². The largest absolute Gasteiger partial charge is 0.475 e. The molecular formula is C22H22FN3O5. The molecule has 0 radical (unpaired) electrons. The number of carbonyl (C=O) groups is 2. The van der Waals surface area contributed by atoms with Gasteiger partial charge in [0, 0.05) is 29.8 Å². The molecule has 0 unspecified atom stereocenters. The minimum Gasteiger partial charge on any atom is -0.475 e. The zero-order valence-corrected chi connectivity index (χ0v) is 16.7.